The van der Waals surface area contributed by atoms with Crippen molar-refractivity contribution in [2.45, 2.75) is 19.8 Å². The highest BCUT2D eigenvalue weighted by atomic mass is 79.9. The lowest BCUT2D eigenvalue weighted by molar-refractivity contribution is 0.588. The second-order valence-corrected chi connectivity index (χ2v) is 11.1. The molecule has 8 heteroatoms. The number of fused-ring (bicyclic) bond motifs is 1. The van der Waals surface area contributed by atoms with E-state index < -0.39 is 7.14 Å². The van der Waals surface area contributed by atoms with Crippen molar-refractivity contribution in [3.63, 3.8) is 0 Å². The van der Waals surface area contributed by atoms with Crippen LogP contribution in [0.25, 0.3) is 10.9 Å². The first-order valence-electron chi connectivity index (χ1n) is 8.11. The average Bonchev–Trinajstić information content (AvgIpc) is 2.56. The third kappa shape index (κ3) is 3.93. The summed E-state index contributed by atoms with van der Waals surface area (Å²) in [5.74, 6) is 0.848. The summed E-state index contributed by atoms with van der Waals surface area (Å²) in [5, 5.41) is 5.00. The SMILES string of the molecule is CC(C)c1ccc2c(P(C)(C)=O)c(Nc3nc(Cl)ncc3Br)ccc2n1. The van der Waals surface area contributed by atoms with Crippen molar-refractivity contribution >= 4 is 62.4 Å². The Morgan fingerprint density at radius 2 is 1.88 bits per heavy atom. The lowest BCUT2D eigenvalue weighted by Gasteiger charge is -2.18. The van der Waals surface area contributed by atoms with Gasteiger partial charge in [-0.2, -0.15) is 4.98 Å². The van der Waals surface area contributed by atoms with Gasteiger partial charge in [0.25, 0.3) is 0 Å². The van der Waals surface area contributed by atoms with Gasteiger partial charge in [0.2, 0.25) is 5.28 Å². The molecule has 0 unspecified atom stereocenters. The molecule has 136 valence electrons. The van der Waals surface area contributed by atoms with Gasteiger partial charge in [-0.1, -0.05) is 19.9 Å². The monoisotopic (exact) mass is 452 g/mol. The average molecular weight is 454 g/mol. The maximum Gasteiger partial charge on any atom is 0.224 e. The van der Waals surface area contributed by atoms with Crippen molar-refractivity contribution in [1.82, 2.24) is 15.0 Å². The quantitative estimate of drug-likeness (QED) is 0.414. The molecular weight excluding hydrogens is 435 g/mol. The normalized spacial score (nSPS) is 12.0. The number of halogens is 2. The van der Waals surface area contributed by atoms with Crippen molar-refractivity contribution in [3.8, 4) is 0 Å². The molecule has 2 aromatic heterocycles. The van der Waals surface area contributed by atoms with Gasteiger partial charge in [0.05, 0.1) is 15.7 Å². The maximum atomic E-state index is 13.1. The molecule has 0 spiro atoms. The Labute approximate surface area is 166 Å². The van der Waals surface area contributed by atoms with E-state index >= 15 is 0 Å². The number of benzene rings is 1. The third-order valence-electron chi connectivity index (χ3n) is 3.96. The minimum absolute atomic E-state index is 0.137. The highest BCUT2D eigenvalue weighted by molar-refractivity contribution is 9.10. The highest BCUT2D eigenvalue weighted by Gasteiger charge is 2.21. The predicted octanol–water partition coefficient (Wildman–Crippen LogP) is 5.56. The Morgan fingerprint density at radius 1 is 1.15 bits per heavy atom. The van der Waals surface area contributed by atoms with Crippen molar-refractivity contribution < 1.29 is 4.57 Å². The molecule has 1 N–H and O–H groups in total. The first-order chi connectivity index (χ1) is 12.2. The molecule has 26 heavy (non-hydrogen) atoms. The molecule has 0 amide bonds. The van der Waals surface area contributed by atoms with Crippen molar-refractivity contribution in [1.29, 1.82) is 0 Å². The molecule has 0 bridgehead atoms. The molecule has 0 atom stereocenters. The summed E-state index contributed by atoms with van der Waals surface area (Å²) in [6, 6.07) is 7.81. The largest absolute Gasteiger partial charge is 0.339 e. The smallest absolute Gasteiger partial charge is 0.224 e. The summed E-state index contributed by atoms with van der Waals surface area (Å²) >= 11 is 9.32. The summed E-state index contributed by atoms with van der Waals surface area (Å²) in [6.45, 7) is 7.72. The summed E-state index contributed by atoms with van der Waals surface area (Å²) in [7, 11) is -2.60. The first kappa shape index (κ1) is 19.3. The Balaban J connectivity index is 2.20. The number of rotatable bonds is 4. The number of aromatic nitrogens is 3. The van der Waals surface area contributed by atoms with Gasteiger partial charge < -0.3 is 9.88 Å². The van der Waals surface area contributed by atoms with Crippen molar-refractivity contribution in [2.75, 3.05) is 18.6 Å². The molecule has 5 nitrogen and oxygen atoms in total. The van der Waals surface area contributed by atoms with Crippen LogP contribution in [0, 0.1) is 0 Å². The van der Waals surface area contributed by atoms with Crippen LogP contribution in [-0.2, 0) is 4.57 Å². The van der Waals surface area contributed by atoms with Crippen LogP contribution in [-0.4, -0.2) is 28.3 Å². The van der Waals surface area contributed by atoms with Gasteiger partial charge in [0.15, 0.2) is 0 Å². The zero-order valence-electron chi connectivity index (χ0n) is 14.9. The van der Waals surface area contributed by atoms with Crippen molar-refractivity contribution in [2.24, 2.45) is 0 Å². The summed E-state index contributed by atoms with van der Waals surface area (Å²) in [5.41, 5.74) is 2.57. The van der Waals surface area contributed by atoms with E-state index in [4.69, 9.17) is 16.6 Å². The van der Waals surface area contributed by atoms with Gasteiger partial charge in [-0.25, -0.2) is 4.98 Å². The van der Waals surface area contributed by atoms with Gasteiger partial charge in [0, 0.05) is 22.6 Å². The van der Waals surface area contributed by atoms with Crippen LogP contribution in [0.15, 0.2) is 34.9 Å². The summed E-state index contributed by atoms with van der Waals surface area (Å²) in [6.07, 6.45) is 1.58. The molecule has 0 aliphatic carbocycles. The molecule has 0 saturated carbocycles. The summed E-state index contributed by atoms with van der Waals surface area (Å²) < 4.78 is 13.7. The van der Waals surface area contributed by atoms with Crippen LogP contribution in [0.4, 0.5) is 11.5 Å². The number of nitrogens with zero attached hydrogens (tertiary/aromatic N) is 3. The van der Waals surface area contributed by atoms with Crippen LogP contribution >= 0.6 is 34.7 Å². The zero-order valence-corrected chi connectivity index (χ0v) is 18.2. The van der Waals surface area contributed by atoms with Crippen LogP contribution in [0.5, 0.6) is 0 Å². The van der Waals surface area contributed by atoms with Crippen LogP contribution in [0.2, 0.25) is 5.28 Å². The van der Waals surface area contributed by atoms with Gasteiger partial charge in [-0.05, 0) is 65.0 Å². The fourth-order valence-corrected chi connectivity index (χ4v) is 4.67. The number of nitrogens with one attached hydrogen (secondary N) is 1. The fraction of sp³-hybridized carbons (Fsp3) is 0.278. The molecule has 3 rings (SSSR count). The van der Waals surface area contributed by atoms with E-state index in [1.807, 2.05) is 24.3 Å². The number of hydrogen-bond donors (Lipinski definition) is 1. The molecule has 0 fully saturated rings. The Morgan fingerprint density at radius 3 is 2.54 bits per heavy atom. The number of anilines is 2. The molecule has 0 radical (unpaired) electrons. The molecular formula is C18H19BrClN4OP. The van der Waals surface area contributed by atoms with Gasteiger partial charge in [0.1, 0.15) is 13.0 Å². The lowest BCUT2D eigenvalue weighted by Crippen LogP contribution is -2.13. The van der Waals surface area contributed by atoms with Gasteiger partial charge in [-0.3, -0.25) is 4.98 Å². The van der Waals surface area contributed by atoms with E-state index in [9.17, 15) is 4.57 Å². The summed E-state index contributed by atoms with van der Waals surface area (Å²) in [4.78, 5) is 12.9. The Kier molecular flexibility index (Phi) is 5.38. The van der Waals surface area contributed by atoms with E-state index in [0.717, 1.165) is 27.6 Å². The predicted molar refractivity (Wildman–Crippen MR) is 113 cm³/mol. The fourth-order valence-electron chi connectivity index (χ4n) is 2.77. The van der Waals surface area contributed by atoms with Crippen LogP contribution < -0.4 is 10.6 Å². The zero-order chi connectivity index (χ0) is 19.1. The maximum absolute atomic E-state index is 13.1. The molecule has 1 aromatic carbocycles. The topological polar surface area (TPSA) is 67.8 Å². The second kappa shape index (κ2) is 7.26. The molecule has 0 aliphatic rings. The highest BCUT2D eigenvalue weighted by Crippen LogP contribution is 2.42. The van der Waals surface area contributed by atoms with Crippen LogP contribution in [0.3, 0.4) is 0 Å². The van der Waals surface area contributed by atoms with Crippen molar-refractivity contribution in [3.05, 3.63) is 45.9 Å². The third-order valence-corrected chi connectivity index (χ3v) is 6.28. The van der Waals surface area contributed by atoms with E-state index in [-0.39, 0.29) is 5.28 Å². The van der Waals surface area contributed by atoms with Crippen LogP contribution in [0.1, 0.15) is 25.5 Å². The van der Waals surface area contributed by atoms with E-state index in [2.05, 4.69) is 45.1 Å². The number of hydrogen-bond acceptors (Lipinski definition) is 5. The first-order valence-corrected chi connectivity index (χ1v) is 11.9. The minimum Gasteiger partial charge on any atom is -0.339 e. The molecule has 0 saturated heterocycles. The van der Waals surface area contributed by atoms with E-state index in [0.29, 0.717) is 16.2 Å². The van der Waals surface area contributed by atoms with E-state index in [1.165, 1.54) is 0 Å². The van der Waals surface area contributed by atoms with Gasteiger partial charge in [-0.15, -0.1) is 0 Å². The Bertz CT molecular complexity index is 1040. The molecule has 0 aliphatic heterocycles. The standard InChI is InChI=1S/C18H19BrClN4OP/c1-10(2)13-6-5-11-14(22-13)7-8-15(16(11)26(3,4)25)23-17-12(19)9-21-18(20)24-17/h5-10H,1-4H3,(H,21,23,24). The second-order valence-electron chi connectivity index (χ2n) is 6.73. The van der Waals surface area contributed by atoms with E-state index in [1.54, 1.807) is 19.5 Å². The number of pyridine rings is 1. The lowest BCUT2D eigenvalue weighted by atomic mass is 10.1. The molecule has 3 aromatic rings. The Hall–Kier alpha value is -1.49. The molecule has 2 heterocycles. The van der Waals surface area contributed by atoms with Gasteiger partial charge >= 0.3 is 0 Å². The minimum atomic E-state index is -2.60.